The molecule has 2 aromatic rings. The zero-order valence-corrected chi connectivity index (χ0v) is 13.0. The number of aromatic amines is 1. The SMILES string of the molecule is CC(=O)c1c[nH]c(C(=O)O[C@@H](C)C(=O)NCc2ccccc2)c1. The van der Waals surface area contributed by atoms with Gasteiger partial charge in [-0.15, -0.1) is 0 Å². The summed E-state index contributed by atoms with van der Waals surface area (Å²) in [5, 5.41) is 2.70. The van der Waals surface area contributed by atoms with Gasteiger partial charge in [0.25, 0.3) is 5.91 Å². The van der Waals surface area contributed by atoms with Crippen molar-refractivity contribution in [3.8, 4) is 0 Å². The molecular formula is C17H18N2O4. The lowest BCUT2D eigenvalue weighted by atomic mass is 10.2. The Hall–Kier alpha value is -2.89. The Balaban J connectivity index is 1.87. The molecule has 1 amide bonds. The predicted molar refractivity (Wildman–Crippen MR) is 84.0 cm³/mol. The van der Waals surface area contributed by atoms with E-state index in [1.54, 1.807) is 0 Å². The van der Waals surface area contributed by atoms with E-state index in [0.717, 1.165) is 5.56 Å². The largest absolute Gasteiger partial charge is 0.448 e. The number of Topliss-reactive ketones (excluding diaryl/α,β-unsaturated/α-hetero) is 1. The minimum atomic E-state index is -0.935. The number of rotatable bonds is 6. The van der Waals surface area contributed by atoms with E-state index in [2.05, 4.69) is 10.3 Å². The molecule has 6 heteroatoms. The van der Waals surface area contributed by atoms with Crippen molar-refractivity contribution in [2.24, 2.45) is 0 Å². The summed E-state index contributed by atoms with van der Waals surface area (Å²) in [5.41, 5.74) is 1.48. The molecule has 1 aromatic carbocycles. The number of carbonyl (C=O) groups excluding carboxylic acids is 3. The van der Waals surface area contributed by atoms with E-state index in [1.807, 2.05) is 30.3 Å². The third kappa shape index (κ3) is 4.54. The number of H-pyrrole nitrogens is 1. The number of amides is 1. The van der Waals surface area contributed by atoms with Crippen LogP contribution in [-0.4, -0.2) is 28.7 Å². The highest BCUT2D eigenvalue weighted by molar-refractivity contribution is 5.98. The van der Waals surface area contributed by atoms with Crippen molar-refractivity contribution in [3.05, 3.63) is 59.4 Å². The second-order valence-corrected chi connectivity index (χ2v) is 5.11. The monoisotopic (exact) mass is 314 g/mol. The van der Waals surface area contributed by atoms with E-state index in [1.165, 1.54) is 26.1 Å². The summed E-state index contributed by atoms with van der Waals surface area (Å²) >= 11 is 0. The van der Waals surface area contributed by atoms with Crippen molar-refractivity contribution in [2.75, 3.05) is 0 Å². The fraction of sp³-hybridized carbons (Fsp3) is 0.235. The van der Waals surface area contributed by atoms with Crippen LogP contribution in [0.3, 0.4) is 0 Å². The van der Waals surface area contributed by atoms with Gasteiger partial charge < -0.3 is 15.0 Å². The fourth-order valence-corrected chi connectivity index (χ4v) is 1.92. The van der Waals surface area contributed by atoms with Crippen LogP contribution in [0.5, 0.6) is 0 Å². The zero-order valence-electron chi connectivity index (χ0n) is 13.0. The zero-order chi connectivity index (χ0) is 16.8. The van der Waals surface area contributed by atoms with Gasteiger partial charge in [-0.1, -0.05) is 30.3 Å². The highest BCUT2D eigenvalue weighted by atomic mass is 16.5. The van der Waals surface area contributed by atoms with Crippen LogP contribution in [0.25, 0.3) is 0 Å². The van der Waals surface area contributed by atoms with E-state index < -0.39 is 12.1 Å². The van der Waals surface area contributed by atoms with Gasteiger partial charge >= 0.3 is 5.97 Å². The fourth-order valence-electron chi connectivity index (χ4n) is 1.92. The van der Waals surface area contributed by atoms with Crippen LogP contribution in [0, 0.1) is 0 Å². The minimum absolute atomic E-state index is 0.137. The summed E-state index contributed by atoms with van der Waals surface area (Å²) in [6.45, 7) is 3.25. The first kappa shape index (κ1) is 16.5. The molecule has 1 aromatic heterocycles. The molecule has 23 heavy (non-hydrogen) atoms. The Morgan fingerprint density at radius 3 is 2.52 bits per heavy atom. The molecule has 0 unspecified atom stereocenters. The van der Waals surface area contributed by atoms with Crippen molar-refractivity contribution in [1.29, 1.82) is 0 Å². The van der Waals surface area contributed by atoms with E-state index in [-0.39, 0.29) is 17.4 Å². The molecule has 0 saturated carbocycles. The molecule has 0 saturated heterocycles. The van der Waals surface area contributed by atoms with E-state index in [0.29, 0.717) is 12.1 Å². The van der Waals surface area contributed by atoms with Crippen LogP contribution < -0.4 is 5.32 Å². The summed E-state index contributed by atoms with van der Waals surface area (Å²) in [4.78, 5) is 37.7. The molecule has 0 fully saturated rings. The third-order valence-electron chi connectivity index (χ3n) is 3.27. The Morgan fingerprint density at radius 2 is 1.91 bits per heavy atom. The van der Waals surface area contributed by atoms with E-state index in [4.69, 9.17) is 4.74 Å². The second kappa shape index (κ2) is 7.40. The molecule has 2 N–H and O–H groups in total. The van der Waals surface area contributed by atoms with Gasteiger partial charge in [0.05, 0.1) is 0 Å². The molecule has 0 bridgehead atoms. The smallest absolute Gasteiger partial charge is 0.355 e. The average Bonchev–Trinajstić information content (AvgIpc) is 3.04. The number of ketones is 1. The number of aromatic nitrogens is 1. The van der Waals surface area contributed by atoms with Crippen molar-refractivity contribution in [3.63, 3.8) is 0 Å². The van der Waals surface area contributed by atoms with E-state index >= 15 is 0 Å². The van der Waals surface area contributed by atoms with Gasteiger partial charge in [0, 0.05) is 18.3 Å². The van der Waals surface area contributed by atoms with Crippen molar-refractivity contribution < 1.29 is 19.1 Å². The molecule has 0 aliphatic carbocycles. The van der Waals surface area contributed by atoms with Crippen LogP contribution in [0.2, 0.25) is 0 Å². The number of ether oxygens (including phenoxy) is 1. The number of esters is 1. The van der Waals surface area contributed by atoms with Gasteiger partial charge in [0.2, 0.25) is 0 Å². The predicted octanol–water partition coefficient (Wildman–Crippen LogP) is 2.08. The standard InChI is InChI=1S/C17H18N2O4/c1-11(20)14-8-15(18-10-14)17(22)23-12(2)16(21)19-9-13-6-4-3-5-7-13/h3-8,10,12,18H,9H2,1-2H3,(H,19,21)/t12-/m0/s1. The molecule has 6 nitrogen and oxygen atoms in total. The Kier molecular flexibility index (Phi) is 5.30. The normalized spacial score (nSPS) is 11.6. The summed E-state index contributed by atoms with van der Waals surface area (Å²) in [6, 6.07) is 10.8. The van der Waals surface area contributed by atoms with Gasteiger partial charge in [0.15, 0.2) is 11.9 Å². The molecule has 0 radical (unpaired) electrons. The maximum Gasteiger partial charge on any atom is 0.355 e. The van der Waals surface area contributed by atoms with Crippen LogP contribution in [0.1, 0.15) is 40.3 Å². The third-order valence-corrected chi connectivity index (χ3v) is 3.27. The minimum Gasteiger partial charge on any atom is -0.448 e. The molecule has 2 rings (SSSR count). The maximum absolute atomic E-state index is 11.9. The lowest BCUT2D eigenvalue weighted by Gasteiger charge is -2.13. The molecule has 0 aliphatic rings. The van der Waals surface area contributed by atoms with Crippen molar-refractivity contribution >= 4 is 17.7 Å². The Morgan fingerprint density at radius 1 is 1.22 bits per heavy atom. The van der Waals surface area contributed by atoms with Gasteiger partial charge in [-0.25, -0.2) is 4.79 Å². The topological polar surface area (TPSA) is 88.3 Å². The summed E-state index contributed by atoms with van der Waals surface area (Å²) in [6.07, 6.45) is 0.495. The van der Waals surface area contributed by atoms with Crippen LogP contribution >= 0.6 is 0 Å². The van der Waals surface area contributed by atoms with Gasteiger partial charge in [-0.05, 0) is 25.5 Å². The molecule has 1 atom stereocenters. The van der Waals surface area contributed by atoms with Crippen LogP contribution in [0.4, 0.5) is 0 Å². The first-order chi connectivity index (χ1) is 11.0. The number of nitrogens with one attached hydrogen (secondary N) is 2. The molecule has 0 aliphatic heterocycles. The number of hydrogen-bond donors (Lipinski definition) is 2. The van der Waals surface area contributed by atoms with Crippen LogP contribution in [-0.2, 0) is 16.1 Å². The molecule has 1 heterocycles. The highest BCUT2D eigenvalue weighted by Crippen LogP contribution is 2.07. The lowest BCUT2D eigenvalue weighted by molar-refractivity contribution is -0.129. The second-order valence-electron chi connectivity index (χ2n) is 5.11. The van der Waals surface area contributed by atoms with Gasteiger partial charge in [-0.2, -0.15) is 0 Å². The Bertz CT molecular complexity index is 706. The van der Waals surface area contributed by atoms with Gasteiger partial charge in [-0.3, -0.25) is 9.59 Å². The van der Waals surface area contributed by atoms with Crippen molar-refractivity contribution in [1.82, 2.24) is 10.3 Å². The summed E-state index contributed by atoms with van der Waals surface area (Å²) in [7, 11) is 0. The van der Waals surface area contributed by atoms with E-state index in [9.17, 15) is 14.4 Å². The number of benzene rings is 1. The first-order valence-corrected chi connectivity index (χ1v) is 7.19. The molecule has 120 valence electrons. The number of carbonyl (C=O) groups is 3. The van der Waals surface area contributed by atoms with Gasteiger partial charge in [0.1, 0.15) is 5.69 Å². The Labute approximate surface area is 133 Å². The maximum atomic E-state index is 11.9. The average molecular weight is 314 g/mol. The van der Waals surface area contributed by atoms with Crippen LogP contribution in [0.15, 0.2) is 42.6 Å². The molecular weight excluding hydrogens is 296 g/mol. The van der Waals surface area contributed by atoms with Crippen molar-refractivity contribution in [2.45, 2.75) is 26.5 Å². The lowest BCUT2D eigenvalue weighted by Crippen LogP contribution is -2.35. The first-order valence-electron chi connectivity index (χ1n) is 7.19. The molecule has 0 spiro atoms. The number of hydrogen-bond acceptors (Lipinski definition) is 4. The summed E-state index contributed by atoms with van der Waals surface area (Å²) < 4.78 is 5.09. The quantitative estimate of drug-likeness (QED) is 0.631. The highest BCUT2D eigenvalue weighted by Gasteiger charge is 2.20. The summed E-state index contributed by atoms with van der Waals surface area (Å²) in [5.74, 6) is -1.23.